The first-order chi connectivity index (χ1) is 16.5. The quantitative estimate of drug-likeness (QED) is 0.574. The van der Waals surface area contributed by atoms with Gasteiger partial charge in [-0.3, -0.25) is 9.59 Å². The molecule has 34 heavy (non-hydrogen) atoms. The second-order valence-electron chi connectivity index (χ2n) is 7.72. The van der Waals surface area contributed by atoms with Crippen LogP contribution in [0.15, 0.2) is 60.8 Å². The van der Waals surface area contributed by atoms with Gasteiger partial charge >= 0.3 is 0 Å². The number of pyridine rings is 1. The Labute approximate surface area is 203 Å². The van der Waals surface area contributed by atoms with E-state index >= 15 is 0 Å². The Balaban J connectivity index is 1.36. The summed E-state index contributed by atoms with van der Waals surface area (Å²) in [7, 11) is 3.07. The van der Waals surface area contributed by atoms with E-state index in [1.54, 1.807) is 47.5 Å². The molecule has 0 saturated carbocycles. The van der Waals surface area contributed by atoms with Crippen LogP contribution in [-0.4, -0.2) is 62.1 Å². The van der Waals surface area contributed by atoms with Gasteiger partial charge in [-0.15, -0.1) is 0 Å². The monoisotopic (exact) mass is 480 g/mol. The molecule has 1 fully saturated rings. The standard InChI is InChI=1S/C25H25ClN4O4/c1-33-19-13-17(14-20(15-19)34-2)24(31)28-18-7-8-23(27-16-18)29-9-11-30(12-10-29)25(32)21-5-3-4-6-22(21)26/h3-8,13-16H,9-12H2,1-2H3,(H,28,31). The van der Waals surface area contributed by atoms with E-state index in [1.165, 1.54) is 14.2 Å². The van der Waals surface area contributed by atoms with Crippen molar-refractivity contribution in [2.24, 2.45) is 0 Å². The Morgan fingerprint density at radius 2 is 1.62 bits per heavy atom. The van der Waals surface area contributed by atoms with Crippen LogP contribution >= 0.6 is 11.6 Å². The minimum absolute atomic E-state index is 0.0644. The third kappa shape index (κ3) is 5.23. The Morgan fingerprint density at radius 1 is 0.941 bits per heavy atom. The maximum Gasteiger partial charge on any atom is 0.255 e. The number of rotatable bonds is 6. The third-order valence-electron chi connectivity index (χ3n) is 5.61. The van der Waals surface area contributed by atoms with Crippen LogP contribution < -0.4 is 19.7 Å². The van der Waals surface area contributed by atoms with E-state index in [9.17, 15) is 9.59 Å². The second-order valence-corrected chi connectivity index (χ2v) is 8.13. The first-order valence-corrected chi connectivity index (χ1v) is 11.2. The van der Waals surface area contributed by atoms with Crippen LogP contribution in [0, 0.1) is 0 Å². The van der Waals surface area contributed by atoms with Crippen LogP contribution in [-0.2, 0) is 0 Å². The van der Waals surface area contributed by atoms with Gasteiger partial charge in [-0.1, -0.05) is 23.7 Å². The lowest BCUT2D eigenvalue weighted by Crippen LogP contribution is -2.49. The Bertz CT molecular complexity index is 1160. The van der Waals surface area contributed by atoms with Crippen LogP contribution in [0.2, 0.25) is 5.02 Å². The molecule has 176 valence electrons. The Kier molecular flexibility index (Phi) is 7.18. The van der Waals surface area contributed by atoms with E-state index in [1.807, 2.05) is 18.2 Å². The molecule has 9 heteroatoms. The first-order valence-electron chi connectivity index (χ1n) is 10.8. The molecular formula is C25H25ClN4O4. The van der Waals surface area contributed by atoms with Crippen molar-refractivity contribution in [2.45, 2.75) is 0 Å². The van der Waals surface area contributed by atoms with E-state index < -0.39 is 0 Å². The number of anilines is 2. The van der Waals surface area contributed by atoms with Crippen LogP contribution in [0.5, 0.6) is 11.5 Å². The normalized spacial score (nSPS) is 13.4. The molecule has 0 bridgehead atoms. The van der Waals surface area contributed by atoms with Gasteiger partial charge in [0.25, 0.3) is 11.8 Å². The van der Waals surface area contributed by atoms with Gasteiger partial charge in [-0.2, -0.15) is 0 Å². The van der Waals surface area contributed by atoms with Gasteiger partial charge in [0.2, 0.25) is 0 Å². The van der Waals surface area contributed by atoms with Crippen molar-refractivity contribution in [3.05, 3.63) is 76.9 Å². The minimum Gasteiger partial charge on any atom is -0.497 e. The fraction of sp³-hybridized carbons (Fsp3) is 0.240. The molecule has 0 radical (unpaired) electrons. The summed E-state index contributed by atoms with van der Waals surface area (Å²) in [4.78, 5) is 33.8. The van der Waals surface area contributed by atoms with Gasteiger partial charge in [-0.05, 0) is 36.4 Å². The van der Waals surface area contributed by atoms with Crippen LogP contribution in [0.25, 0.3) is 0 Å². The number of ether oxygens (including phenoxy) is 2. The van der Waals surface area contributed by atoms with Crippen LogP contribution in [0.4, 0.5) is 11.5 Å². The summed E-state index contributed by atoms with van der Waals surface area (Å²) in [6.45, 7) is 2.45. The molecule has 1 aliphatic heterocycles. The molecule has 0 atom stereocenters. The van der Waals surface area contributed by atoms with Gasteiger partial charge in [0.15, 0.2) is 0 Å². The van der Waals surface area contributed by atoms with E-state index in [0.29, 0.717) is 59.5 Å². The van der Waals surface area contributed by atoms with E-state index in [2.05, 4.69) is 15.2 Å². The zero-order valence-electron chi connectivity index (χ0n) is 19.0. The molecule has 0 spiro atoms. The summed E-state index contributed by atoms with van der Waals surface area (Å²) >= 11 is 6.17. The number of piperazine rings is 1. The highest BCUT2D eigenvalue weighted by Crippen LogP contribution is 2.24. The molecule has 3 aromatic rings. The highest BCUT2D eigenvalue weighted by Gasteiger charge is 2.24. The van der Waals surface area contributed by atoms with Crippen molar-refractivity contribution in [3.63, 3.8) is 0 Å². The molecule has 1 aromatic heterocycles. The number of aromatic nitrogens is 1. The molecule has 1 N–H and O–H groups in total. The molecule has 4 rings (SSSR count). The number of carbonyl (C=O) groups is 2. The second kappa shape index (κ2) is 10.4. The predicted octanol–water partition coefficient (Wildman–Crippen LogP) is 3.97. The maximum absolute atomic E-state index is 12.8. The van der Waals surface area contributed by atoms with Gasteiger partial charge in [0, 0.05) is 37.8 Å². The van der Waals surface area contributed by atoms with Crippen molar-refractivity contribution in [1.29, 1.82) is 0 Å². The topological polar surface area (TPSA) is 84.0 Å². The highest BCUT2D eigenvalue weighted by molar-refractivity contribution is 6.33. The number of hydrogen-bond donors (Lipinski definition) is 1. The summed E-state index contributed by atoms with van der Waals surface area (Å²) in [5, 5.41) is 3.30. The van der Waals surface area contributed by atoms with Crippen molar-refractivity contribution in [3.8, 4) is 11.5 Å². The Morgan fingerprint density at radius 3 is 2.21 bits per heavy atom. The Hall–Kier alpha value is -3.78. The van der Waals surface area contributed by atoms with Crippen molar-refractivity contribution in [2.75, 3.05) is 50.6 Å². The largest absolute Gasteiger partial charge is 0.497 e. The summed E-state index contributed by atoms with van der Waals surface area (Å²) < 4.78 is 10.4. The van der Waals surface area contributed by atoms with Crippen molar-refractivity contribution in [1.82, 2.24) is 9.88 Å². The zero-order valence-corrected chi connectivity index (χ0v) is 19.7. The number of nitrogens with zero attached hydrogens (tertiary/aromatic N) is 3. The average Bonchev–Trinajstić information content (AvgIpc) is 2.88. The lowest BCUT2D eigenvalue weighted by molar-refractivity contribution is 0.0746. The van der Waals surface area contributed by atoms with Crippen molar-refractivity contribution < 1.29 is 19.1 Å². The molecule has 2 aromatic carbocycles. The SMILES string of the molecule is COc1cc(OC)cc(C(=O)Nc2ccc(N3CCN(C(=O)c4ccccc4Cl)CC3)nc2)c1. The van der Waals surface area contributed by atoms with Crippen LogP contribution in [0.3, 0.4) is 0 Å². The summed E-state index contributed by atoms with van der Waals surface area (Å²) in [5.74, 6) is 1.49. The third-order valence-corrected chi connectivity index (χ3v) is 5.94. The van der Waals surface area contributed by atoms with E-state index in [0.717, 1.165) is 5.82 Å². The number of benzene rings is 2. The molecule has 1 saturated heterocycles. The average molecular weight is 481 g/mol. The minimum atomic E-state index is -0.293. The zero-order chi connectivity index (χ0) is 24.1. The number of carbonyl (C=O) groups excluding carboxylic acids is 2. The first kappa shape index (κ1) is 23.4. The lowest BCUT2D eigenvalue weighted by Gasteiger charge is -2.35. The fourth-order valence-corrected chi connectivity index (χ4v) is 3.95. The smallest absolute Gasteiger partial charge is 0.255 e. The number of hydrogen-bond acceptors (Lipinski definition) is 6. The predicted molar refractivity (Wildman–Crippen MR) is 131 cm³/mol. The molecule has 0 unspecified atom stereocenters. The highest BCUT2D eigenvalue weighted by atomic mass is 35.5. The molecule has 0 aliphatic carbocycles. The van der Waals surface area contributed by atoms with Gasteiger partial charge in [0.1, 0.15) is 17.3 Å². The van der Waals surface area contributed by atoms with E-state index in [4.69, 9.17) is 21.1 Å². The van der Waals surface area contributed by atoms with Gasteiger partial charge < -0.3 is 24.6 Å². The number of amides is 2. The molecule has 2 heterocycles. The maximum atomic E-state index is 12.8. The summed E-state index contributed by atoms with van der Waals surface area (Å²) in [6, 6.07) is 15.7. The van der Waals surface area contributed by atoms with E-state index in [-0.39, 0.29) is 11.8 Å². The van der Waals surface area contributed by atoms with Gasteiger partial charge in [-0.25, -0.2) is 4.98 Å². The lowest BCUT2D eigenvalue weighted by atomic mass is 10.1. The number of halogens is 1. The molecule has 1 aliphatic rings. The summed E-state index contributed by atoms with van der Waals surface area (Å²) in [5.41, 5.74) is 1.51. The van der Waals surface area contributed by atoms with Crippen molar-refractivity contribution >= 4 is 34.9 Å². The van der Waals surface area contributed by atoms with Gasteiger partial charge in [0.05, 0.1) is 36.7 Å². The fourth-order valence-electron chi connectivity index (χ4n) is 3.73. The molecule has 2 amide bonds. The summed E-state index contributed by atoms with van der Waals surface area (Å²) in [6.07, 6.45) is 1.62. The number of nitrogens with one attached hydrogen (secondary N) is 1. The number of methoxy groups -OCH3 is 2. The molecular weight excluding hydrogens is 456 g/mol. The molecule has 8 nitrogen and oxygen atoms in total. The van der Waals surface area contributed by atoms with Crippen LogP contribution in [0.1, 0.15) is 20.7 Å².